The third-order valence-corrected chi connectivity index (χ3v) is 5.30. The molecule has 0 spiro atoms. The Bertz CT molecular complexity index is 402. The molecule has 2 rings (SSSR count). The average Bonchev–Trinajstić information content (AvgIpc) is 2.95. The summed E-state index contributed by atoms with van der Waals surface area (Å²) in [4.78, 5) is 1.26. The van der Waals surface area contributed by atoms with Crippen LogP contribution in [0.25, 0.3) is 0 Å². The van der Waals surface area contributed by atoms with Crippen molar-refractivity contribution in [3.8, 4) is 0 Å². The van der Waals surface area contributed by atoms with Crippen LogP contribution in [0.1, 0.15) is 43.9 Å². The van der Waals surface area contributed by atoms with Gasteiger partial charge in [0, 0.05) is 10.9 Å². The summed E-state index contributed by atoms with van der Waals surface area (Å²) in [5.74, 6) is -0.968. The van der Waals surface area contributed by atoms with E-state index in [1.165, 1.54) is 4.88 Å². The lowest BCUT2D eigenvalue weighted by Gasteiger charge is -2.36. The molecule has 0 saturated heterocycles. The Morgan fingerprint density at radius 3 is 2.81 bits per heavy atom. The molecule has 0 bridgehead atoms. The van der Waals surface area contributed by atoms with E-state index in [0.29, 0.717) is 12.8 Å². The maximum Gasteiger partial charge on any atom is 0.391 e. The van der Waals surface area contributed by atoms with Crippen molar-refractivity contribution in [2.45, 2.75) is 57.7 Å². The Hall–Kier alpha value is -0.550. The highest BCUT2D eigenvalue weighted by Gasteiger charge is 2.43. The SMILES string of the molecule is CCCNC(Cc1cccs1)C1CCCC(C(F)(F)F)C1. The van der Waals surface area contributed by atoms with Crippen LogP contribution in [0, 0.1) is 11.8 Å². The van der Waals surface area contributed by atoms with Crippen molar-refractivity contribution in [2.75, 3.05) is 6.54 Å². The lowest BCUT2D eigenvalue weighted by molar-refractivity contribution is -0.186. The quantitative estimate of drug-likeness (QED) is 0.775. The van der Waals surface area contributed by atoms with E-state index in [1.54, 1.807) is 11.3 Å². The number of nitrogens with one attached hydrogen (secondary N) is 1. The zero-order valence-corrected chi connectivity index (χ0v) is 13.3. The molecule has 0 aromatic carbocycles. The predicted octanol–water partition coefficient (Wildman–Crippen LogP) is 5.03. The first-order valence-corrected chi connectivity index (χ1v) is 8.71. The molecule has 3 unspecified atom stereocenters. The van der Waals surface area contributed by atoms with E-state index in [1.807, 2.05) is 11.4 Å². The van der Waals surface area contributed by atoms with Crippen molar-refractivity contribution < 1.29 is 13.2 Å². The van der Waals surface area contributed by atoms with Gasteiger partial charge in [0.2, 0.25) is 0 Å². The zero-order chi connectivity index (χ0) is 15.3. The van der Waals surface area contributed by atoms with Crippen LogP contribution < -0.4 is 5.32 Å². The molecule has 5 heteroatoms. The summed E-state index contributed by atoms with van der Waals surface area (Å²) in [5, 5.41) is 5.52. The summed E-state index contributed by atoms with van der Waals surface area (Å²) in [7, 11) is 0. The first kappa shape index (κ1) is 16.8. The van der Waals surface area contributed by atoms with Gasteiger partial charge in [0.05, 0.1) is 5.92 Å². The van der Waals surface area contributed by atoms with E-state index in [9.17, 15) is 13.2 Å². The lowest BCUT2D eigenvalue weighted by Crippen LogP contribution is -2.42. The summed E-state index contributed by atoms with van der Waals surface area (Å²) in [6.07, 6.45) is 0.0405. The molecule has 1 fully saturated rings. The first-order valence-electron chi connectivity index (χ1n) is 7.83. The molecule has 1 aromatic heterocycles. The monoisotopic (exact) mass is 319 g/mol. The van der Waals surface area contributed by atoms with Gasteiger partial charge in [0.15, 0.2) is 0 Å². The van der Waals surface area contributed by atoms with Crippen molar-refractivity contribution in [1.29, 1.82) is 0 Å². The zero-order valence-electron chi connectivity index (χ0n) is 12.5. The van der Waals surface area contributed by atoms with Crippen LogP contribution in [0.2, 0.25) is 0 Å². The van der Waals surface area contributed by atoms with Crippen LogP contribution >= 0.6 is 11.3 Å². The van der Waals surface area contributed by atoms with Crippen molar-refractivity contribution in [3.05, 3.63) is 22.4 Å². The smallest absolute Gasteiger partial charge is 0.313 e. The molecule has 1 aliphatic rings. The number of alkyl halides is 3. The molecule has 0 aliphatic heterocycles. The summed E-state index contributed by atoms with van der Waals surface area (Å²) in [6.45, 7) is 2.97. The summed E-state index contributed by atoms with van der Waals surface area (Å²) in [5.41, 5.74) is 0. The second-order valence-corrected chi connectivity index (χ2v) is 7.04. The lowest BCUT2D eigenvalue weighted by atomic mass is 9.76. The topological polar surface area (TPSA) is 12.0 Å². The van der Waals surface area contributed by atoms with Crippen molar-refractivity contribution in [1.82, 2.24) is 5.32 Å². The van der Waals surface area contributed by atoms with Gasteiger partial charge in [-0.25, -0.2) is 0 Å². The van der Waals surface area contributed by atoms with Crippen molar-refractivity contribution >= 4 is 11.3 Å². The highest BCUT2D eigenvalue weighted by molar-refractivity contribution is 7.09. The van der Waals surface area contributed by atoms with Gasteiger partial charge in [0.1, 0.15) is 0 Å². The number of halogens is 3. The summed E-state index contributed by atoms with van der Waals surface area (Å²) < 4.78 is 39.0. The summed E-state index contributed by atoms with van der Waals surface area (Å²) >= 11 is 1.69. The maximum absolute atomic E-state index is 13.0. The molecule has 3 atom stereocenters. The van der Waals surface area contributed by atoms with Gasteiger partial charge in [-0.05, 0) is 56.0 Å². The number of rotatable bonds is 6. The van der Waals surface area contributed by atoms with Crippen molar-refractivity contribution in [2.24, 2.45) is 11.8 Å². The third kappa shape index (κ3) is 4.99. The highest BCUT2D eigenvalue weighted by atomic mass is 32.1. The van der Waals surface area contributed by atoms with E-state index >= 15 is 0 Å². The van der Waals surface area contributed by atoms with Gasteiger partial charge in [0.25, 0.3) is 0 Å². The maximum atomic E-state index is 13.0. The van der Waals surface area contributed by atoms with E-state index in [0.717, 1.165) is 25.8 Å². The van der Waals surface area contributed by atoms with E-state index < -0.39 is 12.1 Å². The van der Waals surface area contributed by atoms with E-state index in [2.05, 4.69) is 18.3 Å². The van der Waals surface area contributed by atoms with Crippen LogP contribution in [0.4, 0.5) is 13.2 Å². The van der Waals surface area contributed by atoms with Gasteiger partial charge < -0.3 is 5.32 Å². The molecule has 1 nitrogen and oxygen atoms in total. The van der Waals surface area contributed by atoms with E-state index in [4.69, 9.17) is 0 Å². The van der Waals surface area contributed by atoms with Crippen LogP contribution in [-0.2, 0) is 6.42 Å². The Kier molecular flexibility index (Phi) is 6.11. The highest BCUT2D eigenvalue weighted by Crippen LogP contribution is 2.41. The van der Waals surface area contributed by atoms with Gasteiger partial charge in [-0.1, -0.05) is 19.4 Å². The van der Waals surface area contributed by atoms with Gasteiger partial charge >= 0.3 is 6.18 Å². The van der Waals surface area contributed by atoms with Gasteiger partial charge in [-0.15, -0.1) is 11.3 Å². The van der Waals surface area contributed by atoms with E-state index in [-0.39, 0.29) is 18.4 Å². The Morgan fingerprint density at radius 2 is 2.19 bits per heavy atom. The molecule has 1 saturated carbocycles. The molecule has 0 amide bonds. The Morgan fingerprint density at radius 1 is 1.38 bits per heavy atom. The molecular weight excluding hydrogens is 295 g/mol. The minimum absolute atomic E-state index is 0.138. The minimum atomic E-state index is -4.03. The second-order valence-electron chi connectivity index (χ2n) is 6.01. The van der Waals surface area contributed by atoms with Crippen LogP contribution in [-0.4, -0.2) is 18.8 Å². The molecule has 21 heavy (non-hydrogen) atoms. The molecule has 1 heterocycles. The van der Waals surface area contributed by atoms with Gasteiger partial charge in [-0.2, -0.15) is 13.2 Å². The fourth-order valence-electron chi connectivity index (χ4n) is 3.27. The molecule has 1 N–H and O–H groups in total. The fraction of sp³-hybridized carbons (Fsp3) is 0.750. The number of hydrogen-bond donors (Lipinski definition) is 1. The predicted molar refractivity (Wildman–Crippen MR) is 81.6 cm³/mol. The number of thiophene rings is 1. The first-order chi connectivity index (χ1) is 10.0. The minimum Gasteiger partial charge on any atom is -0.313 e. The van der Waals surface area contributed by atoms with Gasteiger partial charge in [-0.3, -0.25) is 0 Å². The Balaban J connectivity index is 2.01. The normalized spacial score (nSPS) is 25.0. The number of hydrogen-bond acceptors (Lipinski definition) is 2. The summed E-state index contributed by atoms with van der Waals surface area (Å²) in [6, 6.07) is 4.26. The second kappa shape index (κ2) is 7.63. The molecule has 120 valence electrons. The fourth-order valence-corrected chi connectivity index (χ4v) is 4.04. The molecule has 1 aromatic rings. The van der Waals surface area contributed by atoms with Crippen LogP contribution in [0.15, 0.2) is 17.5 Å². The molecule has 0 radical (unpaired) electrons. The average molecular weight is 319 g/mol. The Labute approximate surface area is 128 Å². The van der Waals surface area contributed by atoms with Crippen molar-refractivity contribution in [3.63, 3.8) is 0 Å². The van der Waals surface area contributed by atoms with Crippen LogP contribution in [0.3, 0.4) is 0 Å². The van der Waals surface area contributed by atoms with Crippen LogP contribution in [0.5, 0.6) is 0 Å². The third-order valence-electron chi connectivity index (χ3n) is 4.40. The molecule has 1 aliphatic carbocycles. The largest absolute Gasteiger partial charge is 0.391 e. The standard InChI is InChI=1S/C16H24F3NS/c1-2-8-20-15(11-14-7-4-9-21-14)12-5-3-6-13(10-12)16(17,18)19/h4,7,9,12-13,15,20H,2-3,5-6,8,10-11H2,1H3. The molecular formula is C16H24F3NS.